The number of nitrogens with one attached hydrogen (secondary N) is 1. The first-order chi connectivity index (χ1) is 22.1. The molecule has 0 radical (unpaired) electrons. The summed E-state index contributed by atoms with van der Waals surface area (Å²) >= 11 is 6.26. The first-order valence-electron chi connectivity index (χ1n) is 14.3. The number of carbonyl (C=O) groups excluding carboxylic acids is 1. The number of aromatic nitrogens is 8. The molecule has 5 heterocycles. The zero-order valence-electron chi connectivity index (χ0n) is 24.2. The second-order valence-corrected chi connectivity index (χ2v) is 11.3. The number of hydrogen-bond acceptors (Lipinski definition) is 8. The highest BCUT2D eigenvalue weighted by Gasteiger charge is 2.24. The number of hydrogen-bond donors (Lipinski definition) is 2. The predicted octanol–water partition coefficient (Wildman–Crippen LogP) is 5.10. The Morgan fingerprint density at radius 1 is 1.09 bits per heavy atom. The minimum absolute atomic E-state index is 0.191. The Morgan fingerprint density at radius 3 is 2.63 bits per heavy atom. The molecule has 16 heteroatoms. The summed E-state index contributed by atoms with van der Waals surface area (Å²) in [5, 5.41) is 24.2. The third kappa shape index (κ3) is 6.13. The highest BCUT2D eigenvalue weighted by molar-refractivity contribution is 6.31. The molecule has 2 bridgehead atoms. The van der Waals surface area contributed by atoms with E-state index in [9.17, 15) is 28.3 Å². The maximum atomic E-state index is 13.7. The van der Waals surface area contributed by atoms with Crippen molar-refractivity contribution in [3.8, 4) is 22.6 Å². The molecule has 1 aliphatic rings. The lowest BCUT2D eigenvalue weighted by molar-refractivity contribution is -0.119. The molecule has 0 spiro atoms. The van der Waals surface area contributed by atoms with Crippen LogP contribution in [-0.4, -0.2) is 56.3 Å². The molecule has 0 fully saturated rings. The van der Waals surface area contributed by atoms with Crippen LogP contribution in [0, 0.1) is 5.92 Å². The number of nitrogens with zero attached hydrogens (tertiary/aromatic N) is 8. The Bertz CT molecular complexity index is 2010. The van der Waals surface area contributed by atoms with Crippen LogP contribution in [0.25, 0.3) is 22.6 Å². The molecule has 1 aliphatic heterocycles. The van der Waals surface area contributed by atoms with Gasteiger partial charge in [0.1, 0.15) is 11.5 Å². The lowest BCUT2D eigenvalue weighted by Gasteiger charge is -2.20. The molecule has 1 aromatic carbocycles. The zero-order chi connectivity index (χ0) is 32.5. The van der Waals surface area contributed by atoms with Crippen LogP contribution in [0.1, 0.15) is 67.0 Å². The van der Waals surface area contributed by atoms with Crippen molar-refractivity contribution in [3.63, 3.8) is 0 Å². The molecule has 0 aliphatic carbocycles. The SMILES string of the molecule is C[C@@H]1CCCC[C@H](n2cnc(-c3cc(Cl)ccc3-n3cc(C(F)F)nn3)cc2=O)c2cc(ccn2)-n2nc(C(=O)O)cc2NC1=O. The van der Waals surface area contributed by atoms with Gasteiger partial charge in [-0.05, 0) is 43.2 Å². The Labute approximate surface area is 264 Å². The fourth-order valence-electron chi connectivity index (χ4n) is 5.32. The fraction of sp³-hybridized carbons (Fsp3) is 0.267. The first kappa shape index (κ1) is 30.7. The van der Waals surface area contributed by atoms with Gasteiger partial charge in [-0.1, -0.05) is 36.6 Å². The molecule has 13 nitrogen and oxygen atoms in total. The van der Waals surface area contributed by atoms with Crippen molar-refractivity contribution in [1.82, 2.24) is 39.3 Å². The summed E-state index contributed by atoms with van der Waals surface area (Å²) in [5.41, 5.74) is 0.717. The van der Waals surface area contributed by atoms with Gasteiger partial charge in [0.05, 0.1) is 41.3 Å². The van der Waals surface area contributed by atoms with Crippen molar-refractivity contribution >= 4 is 29.3 Å². The van der Waals surface area contributed by atoms with E-state index < -0.39 is 29.7 Å². The number of halogens is 3. The van der Waals surface area contributed by atoms with Crippen LogP contribution in [0.2, 0.25) is 5.02 Å². The Balaban J connectivity index is 1.42. The van der Waals surface area contributed by atoms with Crippen molar-refractivity contribution in [2.45, 2.75) is 45.1 Å². The molecular weight excluding hydrogens is 624 g/mol. The van der Waals surface area contributed by atoms with Gasteiger partial charge < -0.3 is 10.4 Å². The summed E-state index contributed by atoms with van der Waals surface area (Å²) in [6, 6.07) is 10.0. The lowest BCUT2D eigenvalue weighted by atomic mass is 9.99. The third-order valence-corrected chi connectivity index (χ3v) is 7.97. The second-order valence-electron chi connectivity index (χ2n) is 10.8. The van der Waals surface area contributed by atoms with Gasteiger partial charge in [0.25, 0.3) is 12.0 Å². The molecule has 4 aromatic heterocycles. The van der Waals surface area contributed by atoms with E-state index in [0.29, 0.717) is 53.3 Å². The van der Waals surface area contributed by atoms with Crippen LogP contribution in [0.4, 0.5) is 14.6 Å². The van der Waals surface area contributed by atoms with Crippen molar-refractivity contribution in [2.75, 3.05) is 5.32 Å². The molecule has 0 saturated heterocycles. The maximum Gasteiger partial charge on any atom is 0.356 e. The highest BCUT2D eigenvalue weighted by atomic mass is 35.5. The second kappa shape index (κ2) is 12.6. The largest absolute Gasteiger partial charge is 0.476 e. The van der Waals surface area contributed by atoms with E-state index in [4.69, 9.17) is 11.6 Å². The van der Waals surface area contributed by atoms with Crippen LogP contribution in [0.3, 0.4) is 0 Å². The number of alkyl halides is 2. The summed E-state index contributed by atoms with van der Waals surface area (Å²) in [5.74, 6) is -1.70. The van der Waals surface area contributed by atoms with Gasteiger partial charge in [0, 0.05) is 34.8 Å². The molecule has 0 unspecified atom stereocenters. The number of carboxylic acids is 1. The van der Waals surface area contributed by atoms with E-state index in [-0.39, 0.29) is 29.0 Å². The Morgan fingerprint density at radius 2 is 1.89 bits per heavy atom. The van der Waals surface area contributed by atoms with Crippen LogP contribution in [-0.2, 0) is 4.79 Å². The monoisotopic (exact) mass is 649 g/mol. The van der Waals surface area contributed by atoms with E-state index >= 15 is 0 Å². The van der Waals surface area contributed by atoms with Crippen LogP contribution < -0.4 is 10.9 Å². The molecular formula is C30H26ClF2N9O4. The van der Waals surface area contributed by atoms with Crippen molar-refractivity contribution in [3.05, 3.63) is 93.6 Å². The smallest absolute Gasteiger partial charge is 0.356 e. The van der Waals surface area contributed by atoms with Gasteiger partial charge in [-0.15, -0.1) is 5.10 Å². The van der Waals surface area contributed by atoms with E-state index in [1.807, 2.05) is 0 Å². The predicted molar refractivity (Wildman–Crippen MR) is 162 cm³/mol. The van der Waals surface area contributed by atoms with Gasteiger partial charge in [0.2, 0.25) is 5.91 Å². The number of carboxylic acid groups (broad SMARTS) is 1. The number of benzene rings is 1. The number of pyridine rings is 1. The van der Waals surface area contributed by atoms with Crippen molar-refractivity contribution in [1.29, 1.82) is 0 Å². The van der Waals surface area contributed by atoms with E-state index in [0.717, 1.165) is 6.20 Å². The Kier molecular flexibility index (Phi) is 8.41. The average molecular weight is 650 g/mol. The minimum atomic E-state index is -2.81. The van der Waals surface area contributed by atoms with Gasteiger partial charge in [-0.3, -0.25) is 19.1 Å². The highest BCUT2D eigenvalue weighted by Crippen LogP contribution is 2.30. The lowest BCUT2D eigenvalue weighted by Crippen LogP contribution is -2.26. The van der Waals surface area contributed by atoms with Crippen LogP contribution in [0.15, 0.2) is 66.0 Å². The van der Waals surface area contributed by atoms with Crippen molar-refractivity contribution < 1.29 is 23.5 Å². The fourth-order valence-corrected chi connectivity index (χ4v) is 5.49. The molecule has 1 amide bonds. The van der Waals surface area contributed by atoms with Gasteiger partial charge in [-0.25, -0.2) is 27.9 Å². The molecule has 236 valence electrons. The normalized spacial score (nSPS) is 17.0. The van der Waals surface area contributed by atoms with Crippen molar-refractivity contribution in [2.24, 2.45) is 5.92 Å². The van der Waals surface area contributed by atoms with E-state index in [2.05, 4.69) is 30.7 Å². The number of amides is 1. The van der Waals surface area contributed by atoms with E-state index in [1.54, 1.807) is 37.3 Å². The molecule has 0 saturated carbocycles. The molecule has 2 atom stereocenters. The summed E-state index contributed by atoms with van der Waals surface area (Å²) < 4.78 is 30.3. The van der Waals surface area contributed by atoms with Gasteiger partial charge in [0.15, 0.2) is 5.69 Å². The number of anilines is 1. The summed E-state index contributed by atoms with van der Waals surface area (Å²) in [6.07, 6.45) is 3.57. The topological polar surface area (TPSA) is 163 Å². The summed E-state index contributed by atoms with van der Waals surface area (Å²) in [7, 11) is 0. The standard InChI is InChI=1S/C30H26ClF2N9O4/c1-16-4-2-3-5-25(21-11-18(8-9-34-21)42-26(36-29(16)44)12-22(38-42)30(45)46)40-15-35-20(13-27(40)43)19-10-17(31)6-7-24(19)41-14-23(28(32)33)37-39-41/h6-16,25,28H,2-5H2,1H3,(H,36,44)(H,45,46)/t16-,25+/m1/s1. The minimum Gasteiger partial charge on any atom is -0.476 e. The van der Waals surface area contributed by atoms with Gasteiger partial charge in [-0.2, -0.15) is 5.10 Å². The van der Waals surface area contributed by atoms with E-state index in [1.165, 1.54) is 38.6 Å². The number of carbonyl (C=O) groups is 2. The summed E-state index contributed by atoms with van der Waals surface area (Å²) in [4.78, 5) is 47.4. The first-order valence-corrected chi connectivity index (χ1v) is 14.7. The summed E-state index contributed by atoms with van der Waals surface area (Å²) in [6.45, 7) is 1.79. The molecule has 5 aromatic rings. The average Bonchev–Trinajstić information content (AvgIpc) is 3.69. The zero-order valence-corrected chi connectivity index (χ0v) is 25.0. The number of fused-ring (bicyclic) bond motifs is 4. The van der Waals surface area contributed by atoms with Crippen LogP contribution >= 0.6 is 11.6 Å². The third-order valence-electron chi connectivity index (χ3n) is 7.73. The Hall–Kier alpha value is -5.31. The molecule has 46 heavy (non-hydrogen) atoms. The molecule has 6 rings (SSSR count). The molecule has 2 N–H and O–H groups in total. The maximum absolute atomic E-state index is 13.7. The number of rotatable bonds is 5. The van der Waals surface area contributed by atoms with Crippen LogP contribution in [0.5, 0.6) is 0 Å². The van der Waals surface area contributed by atoms with Gasteiger partial charge >= 0.3 is 5.97 Å². The number of aromatic carboxylic acids is 1. The quantitative estimate of drug-likeness (QED) is 0.264.